The minimum Gasteiger partial charge on any atom is -0.368 e. The van der Waals surface area contributed by atoms with E-state index in [9.17, 15) is 0 Å². The molecule has 10 heteroatoms. The average Bonchev–Trinajstić information content (AvgIpc) is 1.98. The van der Waals surface area contributed by atoms with Crippen LogP contribution in [0.15, 0.2) is 12.7 Å². The Bertz CT molecular complexity index is 161. The fraction of sp³-hybridized carbons (Fsp3) is 0.600. The Morgan fingerprint density at radius 1 is 1.00 bits per heavy atom. The first kappa shape index (κ1) is 17.3. The molecule has 92 valence electrons. The summed E-state index contributed by atoms with van der Waals surface area (Å²) in [5.41, 5.74) is 0. The molecule has 0 amide bonds. The Morgan fingerprint density at radius 3 is 1.47 bits per heavy atom. The van der Waals surface area contributed by atoms with Crippen molar-refractivity contribution in [3.8, 4) is 0 Å². The van der Waals surface area contributed by atoms with Gasteiger partial charge in [-0.3, -0.25) is 0 Å². The van der Waals surface area contributed by atoms with Crippen molar-refractivity contribution in [1.29, 1.82) is 0 Å². The molecule has 0 radical (unpaired) electrons. The van der Waals surface area contributed by atoms with Gasteiger partial charge in [-0.2, -0.15) is 0 Å². The van der Waals surface area contributed by atoms with Crippen molar-refractivity contribution in [3.05, 3.63) is 12.7 Å². The van der Waals surface area contributed by atoms with Crippen molar-refractivity contribution < 1.29 is 37.6 Å². The summed E-state index contributed by atoms with van der Waals surface area (Å²) < 4.78 is 8.10. The van der Waals surface area contributed by atoms with Gasteiger partial charge in [0, 0.05) is 6.61 Å². The molecule has 15 heavy (non-hydrogen) atoms. The van der Waals surface area contributed by atoms with E-state index >= 15 is 0 Å². The van der Waals surface area contributed by atoms with Crippen molar-refractivity contribution in [3.63, 3.8) is 0 Å². The molecule has 0 aliphatic carbocycles. The van der Waals surface area contributed by atoms with Crippen LogP contribution < -0.4 is 0 Å². The first-order valence-corrected chi connectivity index (χ1v) is 7.35. The molecule has 0 atom stereocenters. The third-order valence-corrected chi connectivity index (χ3v) is 1.96. The van der Waals surface area contributed by atoms with Gasteiger partial charge in [0.2, 0.25) is 0 Å². The molecule has 0 aromatic carbocycles. The molecular formula is C5H16O8Si2. The van der Waals surface area contributed by atoms with Crippen LogP contribution in [-0.2, 0) is 8.85 Å². The predicted molar refractivity (Wildman–Crippen MR) is 52.6 cm³/mol. The third-order valence-electron chi connectivity index (χ3n) is 0.733. The van der Waals surface area contributed by atoms with Crippen LogP contribution in [-0.4, -0.2) is 60.1 Å². The van der Waals surface area contributed by atoms with E-state index in [4.69, 9.17) is 28.8 Å². The highest BCUT2D eigenvalue weighted by Crippen LogP contribution is 1.86. The van der Waals surface area contributed by atoms with Gasteiger partial charge < -0.3 is 37.6 Å². The van der Waals surface area contributed by atoms with E-state index in [1.165, 1.54) is 6.08 Å². The lowest BCUT2D eigenvalue weighted by atomic mass is 10.7. The van der Waals surface area contributed by atoms with Gasteiger partial charge in [-0.05, 0) is 6.92 Å². The van der Waals surface area contributed by atoms with Crippen LogP contribution >= 0.6 is 0 Å². The highest BCUT2D eigenvalue weighted by Gasteiger charge is 2.29. The topological polar surface area (TPSA) is 140 Å². The maximum Gasteiger partial charge on any atom is 0.671 e. The van der Waals surface area contributed by atoms with Gasteiger partial charge in [0.15, 0.2) is 0 Å². The van der Waals surface area contributed by atoms with Crippen molar-refractivity contribution >= 4 is 18.1 Å². The molecular weight excluding hydrogens is 244 g/mol. The molecule has 8 nitrogen and oxygen atoms in total. The van der Waals surface area contributed by atoms with Gasteiger partial charge in [0.1, 0.15) is 0 Å². The maximum atomic E-state index is 8.13. The predicted octanol–water partition coefficient (Wildman–Crippen LogP) is -2.96. The van der Waals surface area contributed by atoms with Crippen molar-refractivity contribution in [2.24, 2.45) is 0 Å². The lowest BCUT2D eigenvalue weighted by Gasteiger charge is -2.05. The summed E-state index contributed by atoms with van der Waals surface area (Å²) >= 11 is 0. The van der Waals surface area contributed by atoms with Crippen LogP contribution in [0.5, 0.6) is 0 Å². The lowest BCUT2D eigenvalue weighted by Crippen LogP contribution is -2.38. The Hall–Kier alpha value is -0.146. The second-order valence-corrected chi connectivity index (χ2v) is 5.05. The highest BCUT2D eigenvalue weighted by atomic mass is 28.4. The SMILES string of the molecule is C=CCO[Si](O)(O)O.CCO[Si](O)(O)O. The minimum absolute atomic E-state index is 0.0459. The number of rotatable bonds is 5. The van der Waals surface area contributed by atoms with Crippen LogP contribution in [0.1, 0.15) is 6.92 Å². The molecule has 6 N–H and O–H groups in total. The summed E-state index contributed by atoms with van der Waals surface area (Å²) in [4.78, 5) is 48.5. The molecule has 0 rings (SSSR count). The fourth-order valence-electron chi connectivity index (χ4n) is 0.364. The Kier molecular flexibility index (Phi) is 9.27. The molecule has 0 aromatic rings. The van der Waals surface area contributed by atoms with Crippen LogP contribution in [0.4, 0.5) is 0 Å². The standard InChI is InChI=1S/C3H8O4Si.C2H8O4Si/c1-2-3-7-8(4,5)6;1-2-6-7(3,4)5/h2,4-6H,1,3H2;3-5H,2H2,1H3. The fourth-order valence-corrected chi connectivity index (χ4v) is 1.09. The van der Waals surface area contributed by atoms with Crippen LogP contribution in [0.2, 0.25) is 0 Å². The summed E-state index contributed by atoms with van der Waals surface area (Å²) in [7, 11) is -8.41. The van der Waals surface area contributed by atoms with Crippen molar-refractivity contribution in [2.45, 2.75) is 6.92 Å². The first-order valence-electron chi connectivity index (χ1n) is 3.85. The second-order valence-electron chi connectivity index (χ2n) is 2.18. The molecule has 0 aliphatic rings. The summed E-state index contributed by atoms with van der Waals surface area (Å²) in [5, 5.41) is 0. The van der Waals surface area contributed by atoms with E-state index in [0.717, 1.165) is 0 Å². The van der Waals surface area contributed by atoms with Gasteiger partial charge in [0.05, 0.1) is 6.61 Å². The normalized spacial score (nSPS) is 11.7. The van der Waals surface area contributed by atoms with Crippen LogP contribution in [0.25, 0.3) is 0 Å². The van der Waals surface area contributed by atoms with Gasteiger partial charge in [-0.25, -0.2) is 0 Å². The van der Waals surface area contributed by atoms with E-state index < -0.39 is 18.1 Å². The lowest BCUT2D eigenvalue weighted by molar-refractivity contribution is 0.0682. The maximum absolute atomic E-state index is 8.13. The third kappa shape index (κ3) is 24.8. The van der Waals surface area contributed by atoms with Crippen molar-refractivity contribution in [2.75, 3.05) is 13.2 Å². The zero-order valence-corrected chi connectivity index (χ0v) is 10.2. The number of hydrogen-bond donors (Lipinski definition) is 6. The molecule has 0 aliphatic heterocycles. The second kappa shape index (κ2) is 8.06. The zero-order valence-electron chi connectivity index (χ0n) is 8.20. The average molecular weight is 260 g/mol. The molecule has 0 saturated heterocycles. The summed E-state index contributed by atoms with van der Waals surface area (Å²) in [5.74, 6) is 0. The summed E-state index contributed by atoms with van der Waals surface area (Å²) in [6.45, 7) is 4.86. The zero-order chi connectivity index (χ0) is 12.5. The Balaban J connectivity index is 0. The van der Waals surface area contributed by atoms with E-state index in [2.05, 4.69) is 15.4 Å². The Labute approximate surface area is 89.3 Å². The monoisotopic (exact) mass is 260 g/mol. The largest absolute Gasteiger partial charge is 0.671 e. The van der Waals surface area contributed by atoms with Crippen LogP contribution in [0.3, 0.4) is 0 Å². The molecule has 0 fully saturated rings. The van der Waals surface area contributed by atoms with Gasteiger partial charge in [0.25, 0.3) is 0 Å². The molecule has 0 spiro atoms. The van der Waals surface area contributed by atoms with E-state index in [1.54, 1.807) is 6.92 Å². The van der Waals surface area contributed by atoms with Crippen molar-refractivity contribution in [1.82, 2.24) is 0 Å². The minimum atomic E-state index is -4.25. The molecule has 0 bridgehead atoms. The highest BCUT2D eigenvalue weighted by molar-refractivity contribution is 6.48. The summed E-state index contributed by atoms with van der Waals surface area (Å²) in [6, 6.07) is 0. The van der Waals surface area contributed by atoms with E-state index in [1.807, 2.05) is 0 Å². The van der Waals surface area contributed by atoms with Gasteiger partial charge >= 0.3 is 18.1 Å². The smallest absolute Gasteiger partial charge is 0.368 e. The first-order chi connectivity index (χ1) is 6.62. The molecule has 0 aromatic heterocycles. The Morgan fingerprint density at radius 2 is 1.40 bits per heavy atom. The van der Waals surface area contributed by atoms with Gasteiger partial charge in [-0.15, -0.1) is 6.58 Å². The molecule has 0 heterocycles. The summed E-state index contributed by atoms with van der Waals surface area (Å²) in [6.07, 6.45) is 1.31. The van der Waals surface area contributed by atoms with E-state index in [0.29, 0.717) is 0 Å². The number of hydrogen-bond acceptors (Lipinski definition) is 8. The molecule has 0 saturated carbocycles. The van der Waals surface area contributed by atoms with Crippen LogP contribution in [0, 0.1) is 0 Å². The molecule has 0 unspecified atom stereocenters. The quantitative estimate of drug-likeness (QED) is 0.227. The van der Waals surface area contributed by atoms with E-state index in [-0.39, 0.29) is 13.2 Å². The van der Waals surface area contributed by atoms with Gasteiger partial charge in [-0.1, -0.05) is 6.08 Å².